The summed E-state index contributed by atoms with van der Waals surface area (Å²) in [6.07, 6.45) is 7.34. The van der Waals surface area contributed by atoms with E-state index in [2.05, 4.69) is 61.8 Å². The normalized spacial score (nSPS) is 18.1. The smallest absolute Gasteiger partial charge is 0.170 e. The lowest BCUT2D eigenvalue weighted by atomic mass is 9.96. The summed E-state index contributed by atoms with van der Waals surface area (Å²) in [5.41, 5.74) is 6.52. The Balaban J connectivity index is 1.62. The first kappa shape index (κ1) is 20.3. The van der Waals surface area contributed by atoms with Crippen molar-refractivity contribution in [1.29, 1.82) is 0 Å². The Bertz CT molecular complexity index is 1220. The number of thiocarbonyl (C=S) groups is 1. The summed E-state index contributed by atoms with van der Waals surface area (Å²) < 4.78 is 2.25. The molecule has 2 atom stereocenters. The molecule has 32 heavy (non-hydrogen) atoms. The van der Waals surface area contributed by atoms with Crippen LogP contribution in [0, 0.1) is 13.8 Å². The van der Waals surface area contributed by atoms with Crippen LogP contribution in [0.1, 0.15) is 40.4 Å². The summed E-state index contributed by atoms with van der Waals surface area (Å²) in [5, 5.41) is 4.24. The summed E-state index contributed by atoms with van der Waals surface area (Å²) in [5.74, 6) is 0. The lowest BCUT2D eigenvalue weighted by molar-refractivity contribution is 0.307. The van der Waals surface area contributed by atoms with Crippen LogP contribution >= 0.6 is 12.2 Å². The van der Waals surface area contributed by atoms with Crippen LogP contribution < -0.4 is 5.32 Å². The third-order valence-corrected chi connectivity index (χ3v) is 6.30. The van der Waals surface area contributed by atoms with Gasteiger partial charge in [-0.2, -0.15) is 0 Å². The van der Waals surface area contributed by atoms with E-state index in [1.165, 1.54) is 11.3 Å². The van der Waals surface area contributed by atoms with E-state index < -0.39 is 0 Å². The lowest BCUT2D eigenvalue weighted by Gasteiger charge is -2.28. The maximum atomic E-state index is 5.81. The third-order valence-electron chi connectivity index (χ3n) is 5.95. The van der Waals surface area contributed by atoms with Crippen LogP contribution in [0.15, 0.2) is 79.4 Å². The molecule has 1 N–H and O–H groups in total. The Labute approximate surface area is 193 Å². The van der Waals surface area contributed by atoms with Crippen molar-refractivity contribution in [2.24, 2.45) is 0 Å². The molecule has 4 aromatic rings. The van der Waals surface area contributed by atoms with E-state index in [0.717, 1.165) is 22.8 Å². The number of hydrogen-bond donors (Lipinski definition) is 1. The summed E-state index contributed by atoms with van der Waals surface area (Å²) in [4.78, 5) is 15.7. The average molecular weight is 441 g/mol. The fourth-order valence-corrected chi connectivity index (χ4v) is 4.86. The Morgan fingerprint density at radius 2 is 1.78 bits per heavy atom. The molecule has 1 saturated heterocycles. The highest BCUT2D eigenvalue weighted by Gasteiger charge is 2.41. The van der Waals surface area contributed by atoms with Gasteiger partial charge < -0.3 is 14.8 Å². The number of nitrogens with one attached hydrogen (secondary N) is 1. The first-order chi connectivity index (χ1) is 15.6. The van der Waals surface area contributed by atoms with Gasteiger partial charge in [-0.25, -0.2) is 0 Å². The molecular weight excluding hydrogens is 416 g/mol. The average Bonchev–Trinajstić information content (AvgIpc) is 3.30. The van der Waals surface area contributed by atoms with E-state index >= 15 is 0 Å². The molecule has 0 radical (unpaired) electrons. The number of hydrogen-bond acceptors (Lipinski definition) is 4. The minimum Gasteiger partial charge on any atom is -0.352 e. The molecule has 1 aliphatic rings. The van der Waals surface area contributed by atoms with E-state index in [9.17, 15) is 0 Å². The number of pyridine rings is 3. The van der Waals surface area contributed by atoms with Gasteiger partial charge in [0, 0.05) is 30.0 Å². The van der Waals surface area contributed by atoms with Gasteiger partial charge >= 0.3 is 0 Å². The van der Waals surface area contributed by atoms with Gasteiger partial charge in [-0.05, 0) is 74.1 Å². The van der Waals surface area contributed by atoms with Gasteiger partial charge in [0.2, 0.25) is 0 Å². The van der Waals surface area contributed by atoms with Gasteiger partial charge in [0.05, 0.1) is 41.9 Å². The summed E-state index contributed by atoms with van der Waals surface area (Å²) in [6.45, 7) is 4.91. The van der Waals surface area contributed by atoms with Crippen molar-refractivity contribution in [1.82, 2.24) is 29.7 Å². The number of aromatic nitrogens is 4. The number of rotatable bonds is 5. The van der Waals surface area contributed by atoms with Gasteiger partial charge in [0.25, 0.3) is 0 Å². The van der Waals surface area contributed by atoms with Gasteiger partial charge in [-0.15, -0.1) is 0 Å². The molecule has 0 saturated carbocycles. The summed E-state index contributed by atoms with van der Waals surface area (Å²) in [6, 6.07) is 18.2. The van der Waals surface area contributed by atoms with Crippen LogP contribution in [0.4, 0.5) is 0 Å². The highest BCUT2D eigenvalue weighted by Crippen LogP contribution is 2.41. The maximum Gasteiger partial charge on any atom is 0.170 e. The predicted molar refractivity (Wildman–Crippen MR) is 128 cm³/mol. The minimum absolute atomic E-state index is 0.0176. The molecule has 0 bridgehead atoms. The Hall–Kier alpha value is -3.58. The maximum absolute atomic E-state index is 5.81. The first-order valence-electron chi connectivity index (χ1n) is 10.6. The van der Waals surface area contributed by atoms with Crippen molar-refractivity contribution in [2.75, 3.05) is 0 Å². The van der Waals surface area contributed by atoms with E-state index in [-0.39, 0.29) is 12.1 Å². The second kappa shape index (κ2) is 8.51. The summed E-state index contributed by atoms with van der Waals surface area (Å²) in [7, 11) is 0. The third kappa shape index (κ3) is 3.65. The highest BCUT2D eigenvalue weighted by molar-refractivity contribution is 7.80. The van der Waals surface area contributed by atoms with Crippen molar-refractivity contribution in [3.05, 3.63) is 108 Å². The fraction of sp³-hybridized carbons (Fsp3) is 0.200. The largest absolute Gasteiger partial charge is 0.352 e. The molecule has 0 aliphatic carbocycles. The van der Waals surface area contributed by atoms with Gasteiger partial charge in [0.15, 0.2) is 5.11 Å². The zero-order valence-corrected chi connectivity index (χ0v) is 18.8. The predicted octanol–water partition coefficient (Wildman–Crippen LogP) is 4.45. The SMILES string of the molecule is Cc1cc(C2C(c3ccccn3)NC(=S)N2Cc2ccccn2)c(C)n1-c1cccnc1. The van der Waals surface area contributed by atoms with Crippen molar-refractivity contribution < 1.29 is 0 Å². The zero-order chi connectivity index (χ0) is 22.1. The van der Waals surface area contributed by atoms with E-state index in [0.29, 0.717) is 11.7 Å². The molecule has 160 valence electrons. The second-order valence-electron chi connectivity index (χ2n) is 7.95. The quantitative estimate of drug-likeness (QED) is 0.463. The molecule has 2 unspecified atom stereocenters. The molecule has 1 fully saturated rings. The monoisotopic (exact) mass is 440 g/mol. The number of nitrogens with zero attached hydrogens (tertiary/aromatic N) is 5. The van der Waals surface area contributed by atoms with Crippen LogP contribution in [0.5, 0.6) is 0 Å². The first-order valence-corrected chi connectivity index (χ1v) is 11.0. The van der Waals surface area contributed by atoms with Crippen LogP contribution in [0.3, 0.4) is 0 Å². The van der Waals surface area contributed by atoms with Crippen LogP contribution in [-0.4, -0.2) is 29.5 Å². The molecule has 0 aromatic carbocycles. The molecular formula is C25H24N6S. The van der Waals surface area contributed by atoms with Gasteiger partial charge in [-0.1, -0.05) is 12.1 Å². The molecule has 4 aromatic heterocycles. The molecule has 6 nitrogen and oxygen atoms in total. The van der Waals surface area contributed by atoms with Crippen LogP contribution in [0.2, 0.25) is 0 Å². The Morgan fingerprint density at radius 1 is 0.969 bits per heavy atom. The van der Waals surface area contributed by atoms with Crippen LogP contribution in [0.25, 0.3) is 5.69 Å². The molecule has 0 amide bonds. The topological polar surface area (TPSA) is 58.9 Å². The number of aryl methyl sites for hydroxylation is 1. The van der Waals surface area contributed by atoms with Crippen molar-refractivity contribution in [3.63, 3.8) is 0 Å². The Kier molecular flexibility index (Phi) is 5.41. The van der Waals surface area contributed by atoms with Gasteiger partial charge in [-0.3, -0.25) is 15.0 Å². The lowest BCUT2D eigenvalue weighted by Crippen LogP contribution is -2.29. The summed E-state index contributed by atoms with van der Waals surface area (Å²) >= 11 is 5.81. The van der Waals surface area contributed by atoms with E-state index in [4.69, 9.17) is 12.2 Å². The highest BCUT2D eigenvalue weighted by atomic mass is 32.1. The zero-order valence-electron chi connectivity index (χ0n) is 18.0. The fourth-order valence-electron chi connectivity index (χ4n) is 4.55. The molecule has 7 heteroatoms. The molecule has 1 aliphatic heterocycles. The molecule has 5 rings (SSSR count). The van der Waals surface area contributed by atoms with E-state index in [1.54, 1.807) is 6.20 Å². The van der Waals surface area contributed by atoms with E-state index in [1.807, 2.05) is 55.0 Å². The second-order valence-corrected chi connectivity index (χ2v) is 8.34. The molecule has 5 heterocycles. The molecule has 0 spiro atoms. The standard InChI is InChI=1S/C25H24N6S/c1-17-14-21(18(2)31(17)20-9-7-11-26-15-20)24-23(22-10-4-6-13-28-22)29-25(32)30(24)16-19-8-3-5-12-27-19/h3-15,23-24H,16H2,1-2H3,(H,29,32). The minimum atomic E-state index is -0.0599. The Morgan fingerprint density at radius 3 is 2.47 bits per heavy atom. The van der Waals surface area contributed by atoms with Crippen LogP contribution in [-0.2, 0) is 6.54 Å². The van der Waals surface area contributed by atoms with Crippen molar-refractivity contribution >= 4 is 17.3 Å². The van der Waals surface area contributed by atoms with Crippen molar-refractivity contribution in [2.45, 2.75) is 32.5 Å². The van der Waals surface area contributed by atoms with Gasteiger partial charge in [0.1, 0.15) is 0 Å². The van der Waals surface area contributed by atoms with Crippen molar-refractivity contribution in [3.8, 4) is 5.69 Å².